The zero-order valence-corrected chi connectivity index (χ0v) is 14.7. The van der Waals surface area contributed by atoms with E-state index < -0.39 is 6.04 Å². The molecule has 0 unspecified atom stereocenters. The van der Waals surface area contributed by atoms with Gasteiger partial charge < -0.3 is 15.5 Å². The van der Waals surface area contributed by atoms with Crippen molar-refractivity contribution in [1.82, 2.24) is 24.7 Å². The van der Waals surface area contributed by atoms with E-state index in [2.05, 4.69) is 20.2 Å². The second-order valence-electron chi connectivity index (χ2n) is 7.36. The highest BCUT2D eigenvalue weighted by atomic mass is 16.2. The first kappa shape index (κ1) is 16.6. The average Bonchev–Trinajstić information content (AvgIpc) is 2.93. The Labute approximate surface area is 141 Å². The Kier molecular flexibility index (Phi) is 4.16. The van der Waals surface area contributed by atoms with Crippen molar-refractivity contribution < 1.29 is 4.79 Å². The van der Waals surface area contributed by atoms with Crippen molar-refractivity contribution in [1.29, 1.82) is 0 Å². The molecule has 2 N–H and O–H groups in total. The summed E-state index contributed by atoms with van der Waals surface area (Å²) in [7, 11) is 0. The summed E-state index contributed by atoms with van der Waals surface area (Å²) in [5, 5.41) is 12.7. The third-order valence-electron chi connectivity index (χ3n) is 4.52. The van der Waals surface area contributed by atoms with E-state index in [1.165, 1.54) is 0 Å². The number of carbonyl (C=O) groups is 1. The number of fused-ring (bicyclic) bond motifs is 1. The Morgan fingerprint density at radius 1 is 1.17 bits per heavy atom. The van der Waals surface area contributed by atoms with E-state index in [0.29, 0.717) is 13.1 Å². The maximum Gasteiger partial charge on any atom is 0.240 e. The molecular formula is C16H25N7O. The smallest absolute Gasteiger partial charge is 0.240 e. The zero-order chi connectivity index (χ0) is 17.5. The average molecular weight is 331 g/mol. The first-order chi connectivity index (χ1) is 11.3. The lowest BCUT2D eigenvalue weighted by atomic mass is 9.86. The minimum Gasteiger partial charge on any atom is -0.352 e. The van der Waals surface area contributed by atoms with Gasteiger partial charge >= 0.3 is 0 Å². The Bertz CT molecular complexity index is 740. The van der Waals surface area contributed by atoms with Crippen LogP contribution in [-0.2, 0) is 4.79 Å². The molecule has 0 spiro atoms. The fourth-order valence-corrected chi connectivity index (χ4v) is 2.78. The van der Waals surface area contributed by atoms with Gasteiger partial charge in [0.15, 0.2) is 11.5 Å². The van der Waals surface area contributed by atoms with Crippen molar-refractivity contribution in [2.75, 3.05) is 31.1 Å². The number of hydrogen-bond acceptors (Lipinski definition) is 6. The predicted molar refractivity (Wildman–Crippen MR) is 91.7 cm³/mol. The highest BCUT2D eigenvalue weighted by Gasteiger charge is 2.32. The van der Waals surface area contributed by atoms with Gasteiger partial charge in [-0.05, 0) is 24.5 Å². The molecule has 0 aliphatic carbocycles. The second kappa shape index (κ2) is 6.01. The Morgan fingerprint density at radius 3 is 2.46 bits per heavy atom. The molecule has 0 radical (unpaired) electrons. The summed E-state index contributed by atoms with van der Waals surface area (Å²) in [5.41, 5.74) is 6.61. The number of piperazine rings is 1. The van der Waals surface area contributed by atoms with Crippen molar-refractivity contribution in [2.24, 2.45) is 11.1 Å². The van der Waals surface area contributed by atoms with E-state index in [0.717, 1.165) is 30.4 Å². The van der Waals surface area contributed by atoms with Gasteiger partial charge in [-0.3, -0.25) is 4.79 Å². The summed E-state index contributed by atoms with van der Waals surface area (Å²) in [6.45, 7) is 10.6. The molecule has 1 aliphatic rings. The quantitative estimate of drug-likeness (QED) is 0.859. The molecule has 8 heteroatoms. The lowest BCUT2D eigenvalue weighted by molar-refractivity contribution is -0.135. The zero-order valence-electron chi connectivity index (χ0n) is 14.7. The number of nitrogens with two attached hydrogens (primary N) is 1. The van der Waals surface area contributed by atoms with Crippen LogP contribution in [0.15, 0.2) is 12.1 Å². The summed E-state index contributed by atoms with van der Waals surface area (Å²) >= 11 is 0. The predicted octanol–water partition coefficient (Wildman–Crippen LogP) is 0.455. The molecule has 0 aromatic carbocycles. The molecule has 130 valence electrons. The molecule has 1 atom stereocenters. The van der Waals surface area contributed by atoms with Crippen molar-refractivity contribution in [3.05, 3.63) is 18.0 Å². The number of carbonyl (C=O) groups excluding carboxylic acids is 1. The lowest BCUT2D eigenvalue weighted by Crippen LogP contribution is -2.56. The van der Waals surface area contributed by atoms with Crippen LogP contribution >= 0.6 is 0 Å². The van der Waals surface area contributed by atoms with Gasteiger partial charge in [0, 0.05) is 26.2 Å². The monoisotopic (exact) mass is 331 g/mol. The molecule has 2 aromatic heterocycles. The van der Waals surface area contributed by atoms with Gasteiger partial charge in [-0.2, -0.15) is 4.52 Å². The van der Waals surface area contributed by atoms with Crippen molar-refractivity contribution in [3.8, 4) is 0 Å². The summed E-state index contributed by atoms with van der Waals surface area (Å²) in [5.74, 6) is 1.66. The van der Waals surface area contributed by atoms with E-state index in [1.807, 2.05) is 44.7 Å². The number of rotatable bonds is 2. The van der Waals surface area contributed by atoms with Gasteiger partial charge in [0.25, 0.3) is 0 Å². The van der Waals surface area contributed by atoms with Crippen LogP contribution in [0.2, 0.25) is 0 Å². The number of hydrogen-bond donors (Lipinski definition) is 1. The highest BCUT2D eigenvalue weighted by molar-refractivity contribution is 5.82. The summed E-state index contributed by atoms with van der Waals surface area (Å²) < 4.78 is 1.74. The minimum absolute atomic E-state index is 0.0280. The van der Waals surface area contributed by atoms with E-state index in [-0.39, 0.29) is 11.3 Å². The fraction of sp³-hybridized carbons (Fsp3) is 0.625. The Morgan fingerprint density at radius 2 is 1.83 bits per heavy atom. The molecule has 1 fully saturated rings. The van der Waals surface area contributed by atoms with E-state index in [4.69, 9.17) is 5.73 Å². The Hall–Kier alpha value is -2.22. The lowest BCUT2D eigenvalue weighted by Gasteiger charge is -2.38. The fourth-order valence-electron chi connectivity index (χ4n) is 2.78. The largest absolute Gasteiger partial charge is 0.352 e. The first-order valence-electron chi connectivity index (χ1n) is 8.26. The Balaban J connectivity index is 1.68. The standard InChI is InChI=1S/C16H25N7O/c1-11-18-19-12-5-6-13(20-23(11)12)21-7-9-22(10-8-21)15(24)14(17)16(2,3)4/h5-6,14H,7-10,17H2,1-4H3/t14-/m1/s1. The minimum atomic E-state index is -0.474. The van der Waals surface area contributed by atoms with Gasteiger partial charge in [0.05, 0.1) is 6.04 Å². The molecule has 2 aromatic rings. The summed E-state index contributed by atoms with van der Waals surface area (Å²) in [6.07, 6.45) is 0. The summed E-state index contributed by atoms with van der Waals surface area (Å²) in [4.78, 5) is 16.5. The van der Waals surface area contributed by atoms with Gasteiger partial charge in [-0.25, -0.2) is 0 Å². The molecule has 1 saturated heterocycles. The SMILES string of the molecule is Cc1nnc2ccc(N3CCN(C(=O)[C@@H](N)C(C)(C)C)CC3)nn12. The number of aryl methyl sites for hydroxylation is 1. The van der Waals surface area contributed by atoms with Crippen LogP contribution in [0.1, 0.15) is 26.6 Å². The third kappa shape index (κ3) is 3.06. The van der Waals surface area contributed by atoms with Crippen molar-refractivity contribution >= 4 is 17.4 Å². The second-order valence-corrected chi connectivity index (χ2v) is 7.36. The number of amides is 1. The molecule has 1 aliphatic heterocycles. The van der Waals surface area contributed by atoms with Gasteiger partial charge in [0.1, 0.15) is 5.82 Å². The normalized spacial score (nSPS) is 17.4. The first-order valence-corrected chi connectivity index (χ1v) is 8.26. The van der Waals surface area contributed by atoms with Crippen LogP contribution in [0, 0.1) is 12.3 Å². The number of nitrogens with zero attached hydrogens (tertiary/aromatic N) is 6. The van der Waals surface area contributed by atoms with E-state index in [9.17, 15) is 4.79 Å². The van der Waals surface area contributed by atoms with Crippen LogP contribution in [0.3, 0.4) is 0 Å². The number of aromatic nitrogens is 4. The van der Waals surface area contributed by atoms with Gasteiger partial charge in [-0.1, -0.05) is 20.8 Å². The molecular weight excluding hydrogens is 306 g/mol. The molecule has 3 heterocycles. The topological polar surface area (TPSA) is 92.7 Å². The third-order valence-corrected chi connectivity index (χ3v) is 4.52. The van der Waals surface area contributed by atoms with Crippen LogP contribution in [0.4, 0.5) is 5.82 Å². The van der Waals surface area contributed by atoms with Gasteiger partial charge in [-0.15, -0.1) is 15.3 Å². The molecule has 0 bridgehead atoms. The van der Waals surface area contributed by atoms with E-state index >= 15 is 0 Å². The van der Waals surface area contributed by atoms with Crippen LogP contribution in [0.25, 0.3) is 5.65 Å². The molecule has 24 heavy (non-hydrogen) atoms. The van der Waals surface area contributed by atoms with Crippen molar-refractivity contribution in [2.45, 2.75) is 33.7 Å². The molecule has 1 amide bonds. The van der Waals surface area contributed by atoms with Crippen LogP contribution < -0.4 is 10.6 Å². The highest BCUT2D eigenvalue weighted by Crippen LogP contribution is 2.21. The summed E-state index contributed by atoms with van der Waals surface area (Å²) in [6, 6.07) is 3.38. The molecule has 3 rings (SSSR count). The van der Waals surface area contributed by atoms with Gasteiger partial charge in [0.2, 0.25) is 5.91 Å². The number of anilines is 1. The van der Waals surface area contributed by atoms with Crippen LogP contribution in [0.5, 0.6) is 0 Å². The molecule has 0 saturated carbocycles. The van der Waals surface area contributed by atoms with Crippen LogP contribution in [-0.4, -0.2) is 62.8 Å². The molecule has 8 nitrogen and oxygen atoms in total. The van der Waals surface area contributed by atoms with E-state index in [1.54, 1.807) is 4.52 Å². The van der Waals surface area contributed by atoms with Crippen molar-refractivity contribution in [3.63, 3.8) is 0 Å². The maximum atomic E-state index is 12.5. The maximum absolute atomic E-state index is 12.5.